The molecule has 1 saturated carbocycles. The van der Waals surface area contributed by atoms with Gasteiger partial charge in [-0.1, -0.05) is 12.1 Å². The fourth-order valence-corrected chi connectivity index (χ4v) is 5.92. The fraction of sp³-hybridized carbons (Fsp3) is 0.625. The van der Waals surface area contributed by atoms with Crippen molar-refractivity contribution in [3.8, 4) is 0 Å². The van der Waals surface area contributed by atoms with Crippen LogP contribution < -0.4 is 0 Å². The zero-order valence-electron chi connectivity index (χ0n) is 17.4. The van der Waals surface area contributed by atoms with E-state index in [-0.39, 0.29) is 17.6 Å². The average molecular weight is 397 g/mol. The van der Waals surface area contributed by atoms with E-state index in [0.29, 0.717) is 12.5 Å². The molecule has 1 aliphatic carbocycles. The van der Waals surface area contributed by atoms with Gasteiger partial charge in [0.15, 0.2) is 0 Å². The van der Waals surface area contributed by atoms with E-state index in [1.54, 1.807) is 6.26 Å². The first-order chi connectivity index (χ1) is 14.2. The Labute approximate surface area is 173 Å². The van der Waals surface area contributed by atoms with Gasteiger partial charge in [0, 0.05) is 31.1 Å². The Morgan fingerprint density at radius 3 is 2.86 bits per heavy atom. The molecule has 29 heavy (non-hydrogen) atoms. The van der Waals surface area contributed by atoms with E-state index in [1.165, 1.54) is 25.7 Å². The van der Waals surface area contributed by atoms with Crippen LogP contribution in [0.3, 0.4) is 0 Å². The number of furan rings is 1. The van der Waals surface area contributed by atoms with Crippen LogP contribution in [-0.4, -0.2) is 60.1 Å². The molecule has 1 unspecified atom stereocenters. The summed E-state index contributed by atoms with van der Waals surface area (Å²) in [5.74, 6) is 0.205. The molecule has 0 bridgehead atoms. The van der Waals surface area contributed by atoms with Gasteiger partial charge in [-0.15, -0.1) is 0 Å². The van der Waals surface area contributed by atoms with Crippen LogP contribution in [0.1, 0.15) is 50.5 Å². The molecule has 2 aliphatic heterocycles. The van der Waals surface area contributed by atoms with Crippen LogP contribution in [0.2, 0.25) is 0 Å². The third kappa shape index (κ3) is 3.59. The molecule has 2 aromatic rings. The molecule has 5 heteroatoms. The van der Waals surface area contributed by atoms with Gasteiger partial charge in [-0.3, -0.25) is 9.69 Å². The van der Waals surface area contributed by atoms with Crippen molar-refractivity contribution in [2.45, 2.75) is 69.1 Å². The summed E-state index contributed by atoms with van der Waals surface area (Å²) >= 11 is 0. The summed E-state index contributed by atoms with van der Waals surface area (Å²) in [5.41, 5.74) is 1.97. The van der Waals surface area contributed by atoms with Gasteiger partial charge < -0.3 is 14.1 Å². The molecule has 1 spiro atoms. The Morgan fingerprint density at radius 2 is 2.07 bits per heavy atom. The minimum absolute atomic E-state index is 0.0655. The van der Waals surface area contributed by atoms with Crippen LogP contribution in [0.15, 0.2) is 34.9 Å². The van der Waals surface area contributed by atoms with Gasteiger partial charge in [-0.2, -0.15) is 0 Å². The predicted octanol–water partition coefficient (Wildman–Crippen LogP) is 4.00. The van der Waals surface area contributed by atoms with Crippen LogP contribution in [0.25, 0.3) is 11.0 Å². The third-order valence-corrected chi connectivity index (χ3v) is 7.53. The zero-order valence-corrected chi connectivity index (χ0v) is 17.4. The van der Waals surface area contributed by atoms with E-state index < -0.39 is 0 Å². The molecule has 1 aromatic carbocycles. The Kier molecular flexibility index (Phi) is 5.12. The topological polar surface area (TPSA) is 45.9 Å². The van der Waals surface area contributed by atoms with Crippen molar-refractivity contribution in [1.29, 1.82) is 0 Å². The van der Waals surface area contributed by atoms with E-state index in [9.17, 15) is 4.79 Å². The van der Waals surface area contributed by atoms with Gasteiger partial charge >= 0.3 is 0 Å². The number of nitrogens with zero attached hydrogens (tertiary/aromatic N) is 2. The lowest BCUT2D eigenvalue weighted by atomic mass is 9.76. The maximum Gasteiger partial charge on any atom is 0.227 e. The largest absolute Gasteiger partial charge is 0.464 e. The van der Waals surface area contributed by atoms with Crippen LogP contribution >= 0.6 is 0 Å². The second-order valence-electron chi connectivity index (χ2n) is 9.19. The Bertz CT molecular complexity index is 864. The lowest BCUT2D eigenvalue weighted by Crippen LogP contribution is -2.58. The number of rotatable bonds is 4. The number of amides is 1. The molecule has 2 saturated heterocycles. The highest BCUT2D eigenvalue weighted by atomic mass is 16.5. The van der Waals surface area contributed by atoms with Crippen LogP contribution in [-0.2, 0) is 16.0 Å². The van der Waals surface area contributed by atoms with Crippen molar-refractivity contribution < 1.29 is 13.9 Å². The summed E-state index contributed by atoms with van der Waals surface area (Å²) in [4.78, 5) is 18.0. The van der Waals surface area contributed by atoms with Crippen molar-refractivity contribution in [3.05, 3.63) is 36.1 Å². The molecular formula is C24H32N2O3. The molecule has 3 atom stereocenters. The molecule has 5 nitrogen and oxygen atoms in total. The highest BCUT2D eigenvalue weighted by Crippen LogP contribution is 2.43. The lowest BCUT2D eigenvalue weighted by molar-refractivity contribution is -0.136. The van der Waals surface area contributed by atoms with Gasteiger partial charge in [-0.25, -0.2) is 0 Å². The summed E-state index contributed by atoms with van der Waals surface area (Å²) in [6.45, 7) is 3.22. The van der Waals surface area contributed by atoms with E-state index >= 15 is 0 Å². The molecule has 3 aliphatic rings. The molecule has 1 amide bonds. The smallest absolute Gasteiger partial charge is 0.227 e. The summed E-state index contributed by atoms with van der Waals surface area (Å²) < 4.78 is 11.8. The molecule has 3 fully saturated rings. The number of hydrogen-bond acceptors (Lipinski definition) is 4. The summed E-state index contributed by atoms with van der Waals surface area (Å²) in [5, 5.41) is 1.05. The number of ether oxygens (including phenoxy) is 1. The number of benzene rings is 1. The maximum atomic E-state index is 13.3. The van der Waals surface area contributed by atoms with Gasteiger partial charge in [0.1, 0.15) is 5.58 Å². The molecule has 156 valence electrons. The highest BCUT2D eigenvalue weighted by molar-refractivity contribution is 5.87. The molecule has 0 radical (unpaired) electrons. The minimum atomic E-state index is 0.0655. The van der Waals surface area contributed by atoms with Crippen molar-refractivity contribution in [1.82, 2.24) is 9.80 Å². The Balaban J connectivity index is 1.34. The predicted molar refractivity (Wildman–Crippen MR) is 113 cm³/mol. The minimum Gasteiger partial charge on any atom is -0.464 e. The Morgan fingerprint density at radius 1 is 1.21 bits per heavy atom. The summed E-state index contributed by atoms with van der Waals surface area (Å²) in [6, 6.07) is 8.64. The first-order valence-corrected chi connectivity index (χ1v) is 11.2. The fourth-order valence-electron chi connectivity index (χ4n) is 5.92. The molecule has 1 aromatic heterocycles. The first-order valence-electron chi connectivity index (χ1n) is 11.2. The monoisotopic (exact) mass is 396 g/mol. The van der Waals surface area contributed by atoms with Gasteiger partial charge in [0.25, 0.3) is 0 Å². The van der Waals surface area contributed by atoms with Gasteiger partial charge in [0.2, 0.25) is 5.91 Å². The average Bonchev–Trinajstić information content (AvgIpc) is 3.49. The van der Waals surface area contributed by atoms with Crippen molar-refractivity contribution in [2.24, 2.45) is 0 Å². The van der Waals surface area contributed by atoms with E-state index in [2.05, 4.69) is 4.90 Å². The van der Waals surface area contributed by atoms with E-state index in [0.717, 1.165) is 55.5 Å². The normalized spacial score (nSPS) is 30.4. The number of hydrogen-bond donors (Lipinski definition) is 0. The molecular weight excluding hydrogens is 364 g/mol. The molecule has 5 rings (SSSR count). The van der Waals surface area contributed by atoms with Gasteiger partial charge in [-0.05, 0) is 75.7 Å². The van der Waals surface area contributed by atoms with Gasteiger partial charge in [0.05, 0.1) is 18.3 Å². The highest BCUT2D eigenvalue weighted by Gasteiger charge is 2.47. The van der Waals surface area contributed by atoms with Crippen LogP contribution in [0.4, 0.5) is 0 Å². The van der Waals surface area contributed by atoms with Crippen LogP contribution in [0.5, 0.6) is 0 Å². The SMILES string of the molecule is CN(C(=O)Cc1cccc2occc12)C1CC[C@]2(CCCO2)C[C@@H]1N1CCCC1. The third-order valence-electron chi connectivity index (χ3n) is 7.53. The zero-order chi connectivity index (χ0) is 19.8. The number of likely N-dealkylation sites (N-methyl/N-ethyl adjacent to an activating group) is 1. The summed E-state index contributed by atoms with van der Waals surface area (Å²) in [7, 11) is 2.01. The van der Waals surface area contributed by atoms with Crippen molar-refractivity contribution >= 4 is 16.9 Å². The van der Waals surface area contributed by atoms with E-state index in [1.807, 2.05) is 36.2 Å². The second kappa shape index (κ2) is 7.77. The van der Waals surface area contributed by atoms with Crippen molar-refractivity contribution in [2.75, 3.05) is 26.7 Å². The summed E-state index contributed by atoms with van der Waals surface area (Å²) in [6.07, 6.45) is 10.2. The maximum absolute atomic E-state index is 13.3. The lowest BCUT2D eigenvalue weighted by Gasteiger charge is -2.48. The second-order valence-corrected chi connectivity index (χ2v) is 9.19. The van der Waals surface area contributed by atoms with E-state index in [4.69, 9.17) is 9.15 Å². The Hall–Kier alpha value is -1.85. The number of fused-ring (bicyclic) bond motifs is 1. The number of carbonyl (C=O) groups is 1. The molecule has 0 N–H and O–H groups in total. The standard InChI is InChI=1S/C24H32N2O3/c1-25(23(27)16-18-6-4-7-22-19(18)9-15-28-22)20-8-11-24(10-5-14-29-24)17-21(20)26-12-2-3-13-26/h4,6-7,9,15,20-21H,2-3,5,8,10-14,16-17H2,1H3/t20?,21-,24+/m0/s1. The van der Waals surface area contributed by atoms with Crippen LogP contribution in [0, 0.1) is 0 Å². The number of carbonyl (C=O) groups excluding carboxylic acids is 1. The number of likely N-dealkylation sites (tertiary alicyclic amines) is 1. The molecule has 3 heterocycles. The quantitative estimate of drug-likeness (QED) is 0.784. The first kappa shape index (κ1) is 19.1. The van der Waals surface area contributed by atoms with Crippen molar-refractivity contribution in [3.63, 3.8) is 0 Å².